The van der Waals surface area contributed by atoms with E-state index in [1.54, 1.807) is 69.5 Å². The third kappa shape index (κ3) is 11.0. The van der Waals surface area contributed by atoms with Crippen molar-refractivity contribution >= 4 is 23.6 Å². The third-order valence-electron chi connectivity index (χ3n) is 13.6. The number of aliphatic hydroxyl groups is 4. The number of ether oxygens (including phenoxy) is 8. The van der Waals surface area contributed by atoms with Crippen molar-refractivity contribution in [3.8, 4) is 0 Å². The average Bonchev–Trinajstić information content (AvgIpc) is 3.20. The number of rotatable bonds is 10. The molecule has 18 atom stereocenters. The number of hydrogen-bond acceptors (Lipinski definition) is 16. The highest BCUT2D eigenvalue weighted by atomic mass is 16.7. The highest BCUT2D eigenvalue weighted by Gasteiger charge is 2.55. The highest BCUT2D eigenvalue weighted by molar-refractivity contribution is 5.91. The van der Waals surface area contributed by atoms with Crippen LogP contribution in [0.1, 0.15) is 94.9 Å². The highest BCUT2D eigenvalue weighted by Crippen LogP contribution is 2.42. The minimum Gasteiger partial charge on any atom is -0.466 e. The second-order valence-corrected chi connectivity index (χ2v) is 18.4. The van der Waals surface area contributed by atoms with Gasteiger partial charge in [-0.2, -0.15) is 0 Å². The molecule has 0 aromatic rings. The minimum absolute atomic E-state index is 0.00432. The van der Waals surface area contributed by atoms with E-state index in [1.807, 2.05) is 0 Å². The van der Waals surface area contributed by atoms with Crippen LogP contribution in [-0.2, 0) is 57.1 Å². The lowest BCUT2D eigenvalue weighted by Crippen LogP contribution is -2.65. The van der Waals surface area contributed by atoms with Crippen molar-refractivity contribution in [2.45, 2.75) is 179 Å². The summed E-state index contributed by atoms with van der Waals surface area (Å²) in [7, 11) is 7.32. The monoisotopic (exact) mass is 861 g/mol. The molecule has 346 valence electrons. The number of carbonyl (C=O) groups excluding carboxylic acids is 4. The van der Waals surface area contributed by atoms with E-state index in [-0.39, 0.29) is 35.9 Å². The molecular formula is C43H74NO16+. The van der Waals surface area contributed by atoms with E-state index in [2.05, 4.69) is 4.74 Å². The number of Topliss-reactive ketones (excluding diaryl/α,β-unsaturated/α-hetero) is 1. The zero-order chi connectivity index (χ0) is 45.9. The number of hydrogen-bond donors (Lipinski definition) is 4. The summed E-state index contributed by atoms with van der Waals surface area (Å²) < 4.78 is 48.3. The van der Waals surface area contributed by atoms with E-state index < -0.39 is 126 Å². The normalized spacial score (nSPS) is 44.2. The van der Waals surface area contributed by atoms with Gasteiger partial charge in [0.05, 0.1) is 68.8 Å². The Morgan fingerprint density at radius 1 is 0.850 bits per heavy atom. The first-order valence-corrected chi connectivity index (χ1v) is 21.0. The first kappa shape index (κ1) is 51.9. The van der Waals surface area contributed by atoms with Crippen LogP contribution in [0, 0.1) is 23.7 Å². The molecule has 0 unspecified atom stereocenters. The summed E-state index contributed by atoms with van der Waals surface area (Å²) in [5.41, 5.74) is -4.52. The molecule has 3 aliphatic heterocycles. The van der Waals surface area contributed by atoms with Gasteiger partial charge in [-0.25, -0.2) is 9.59 Å². The molecule has 0 spiro atoms. The number of carbonyl (C=O) groups is 4. The number of cyclic esters (lactones) is 1. The number of nitrogens with zero attached hydrogens (tertiary/aromatic N) is 1. The summed E-state index contributed by atoms with van der Waals surface area (Å²) in [5.74, 6) is -6.23. The molecule has 1 amide bonds. The molecule has 0 aliphatic carbocycles. The second kappa shape index (κ2) is 20.4. The number of ketones is 1. The van der Waals surface area contributed by atoms with Gasteiger partial charge in [0.2, 0.25) is 0 Å². The average molecular weight is 861 g/mol. The lowest BCUT2D eigenvalue weighted by Gasteiger charge is -2.50. The van der Waals surface area contributed by atoms with Crippen LogP contribution >= 0.6 is 0 Å². The molecule has 3 heterocycles. The lowest BCUT2D eigenvalue weighted by atomic mass is 9.74. The maximum Gasteiger partial charge on any atom is 0.338 e. The van der Waals surface area contributed by atoms with Crippen LogP contribution in [0.15, 0.2) is 12.2 Å². The smallest absolute Gasteiger partial charge is 0.338 e. The van der Waals surface area contributed by atoms with Gasteiger partial charge in [0, 0.05) is 57.0 Å². The standard InChI is InChI=1S/C43H74NO16/c1-16-29-43(10,52)36(49)24(4)33(47)22(2)20-42(9,55-15)38(60-40-34(48)28(19-23(3)56-40)44(11,12)30(45)17-18-31(46)53-13)25(5)35(26(6)39(51)58-29)59-32-21-41(8,54-14)37(50)27(7)57-32/h17-18,22-29,32,34-38,40,48-50,52H,16,19-21H2,1-15H3/q+1/b18-17+/t22-,23+,24+,25-,26+,27+,28-,29-,32+,34+,35+,36+,37+,38-,40-,41-,42-,43-/m1/s1. The summed E-state index contributed by atoms with van der Waals surface area (Å²) in [6, 6.07) is -0.797. The fourth-order valence-corrected chi connectivity index (χ4v) is 9.28. The summed E-state index contributed by atoms with van der Waals surface area (Å²) in [5, 5.41) is 46.3. The summed E-state index contributed by atoms with van der Waals surface area (Å²) in [4.78, 5) is 53.8. The fraction of sp³-hybridized carbons (Fsp3) is 0.860. The number of likely N-dealkylation sites (N-methyl/N-ethyl adjacent to an activating group) is 1. The van der Waals surface area contributed by atoms with Crippen LogP contribution in [-0.4, -0.2) is 168 Å². The Morgan fingerprint density at radius 3 is 2.00 bits per heavy atom. The lowest BCUT2D eigenvalue weighted by molar-refractivity contribution is -0.847. The van der Waals surface area contributed by atoms with E-state index in [1.165, 1.54) is 35.2 Å². The Hall–Kier alpha value is -2.42. The summed E-state index contributed by atoms with van der Waals surface area (Å²) in [6.07, 6.45) is -8.74. The Balaban J connectivity index is 2.24. The van der Waals surface area contributed by atoms with E-state index in [0.29, 0.717) is 0 Å². The van der Waals surface area contributed by atoms with Gasteiger partial charge in [-0.15, -0.1) is 0 Å². The number of quaternary nitrogens is 1. The van der Waals surface area contributed by atoms with Gasteiger partial charge < -0.3 is 58.3 Å². The van der Waals surface area contributed by atoms with Gasteiger partial charge in [-0.05, 0) is 54.4 Å². The van der Waals surface area contributed by atoms with Crippen molar-refractivity contribution in [2.24, 2.45) is 23.7 Å². The molecule has 3 rings (SSSR count). The zero-order valence-corrected chi connectivity index (χ0v) is 38.3. The number of methoxy groups -OCH3 is 3. The maximum atomic E-state index is 14.3. The van der Waals surface area contributed by atoms with Crippen LogP contribution in [0.3, 0.4) is 0 Å². The molecule has 3 fully saturated rings. The molecule has 60 heavy (non-hydrogen) atoms. The summed E-state index contributed by atoms with van der Waals surface area (Å²) in [6.45, 7) is 16.5. The third-order valence-corrected chi connectivity index (χ3v) is 13.6. The van der Waals surface area contributed by atoms with E-state index in [0.717, 1.165) is 12.2 Å². The van der Waals surface area contributed by atoms with Crippen molar-refractivity contribution in [3.05, 3.63) is 12.2 Å². The van der Waals surface area contributed by atoms with Gasteiger partial charge in [0.1, 0.15) is 29.6 Å². The van der Waals surface area contributed by atoms with Crippen LogP contribution in [0.4, 0.5) is 0 Å². The minimum atomic E-state index is -2.02. The number of esters is 2. The molecule has 3 saturated heterocycles. The molecular weight excluding hydrogens is 786 g/mol. The Bertz CT molecular complexity index is 1520. The molecule has 0 aromatic heterocycles. The SMILES string of the molecule is CC[C@H]1OC(=O)[C@@H](C)[C@@H](O[C@H]2C[C@@](C)(OC)[C@@H](O)[C@H](C)O2)[C@@H](C)[C@@H](O[C@H]2O[C@@H](C)C[C@@H]([N+](C)(C)C(=O)/C=C/C(=O)OC)[C@@H]2O)[C@](C)(OC)C[C@@H](C)C(=O)[C@H](C)[C@H](O)[C@]1(C)O. The van der Waals surface area contributed by atoms with Crippen molar-refractivity contribution in [3.63, 3.8) is 0 Å². The van der Waals surface area contributed by atoms with Gasteiger partial charge in [0.15, 0.2) is 18.7 Å². The summed E-state index contributed by atoms with van der Waals surface area (Å²) >= 11 is 0. The van der Waals surface area contributed by atoms with E-state index in [9.17, 15) is 39.6 Å². The predicted octanol–water partition coefficient (Wildman–Crippen LogP) is 2.21. The first-order chi connectivity index (χ1) is 27.7. The van der Waals surface area contributed by atoms with E-state index in [4.69, 9.17) is 33.2 Å². The zero-order valence-electron chi connectivity index (χ0n) is 38.3. The van der Waals surface area contributed by atoms with Gasteiger partial charge in [0.25, 0.3) is 0 Å². The number of amides is 1. The molecule has 17 nitrogen and oxygen atoms in total. The van der Waals surface area contributed by atoms with Gasteiger partial charge in [-0.3, -0.25) is 14.1 Å². The molecule has 17 heteroatoms. The molecule has 3 aliphatic rings. The first-order valence-electron chi connectivity index (χ1n) is 21.0. The van der Waals surface area contributed by atoms with Gasteiger partial charge in [-0.1, -0.05) is 27.7 Å². The Morgan fingerprint density at radius 2 is 1.45 bits per heavy atom. The molecule has 0 saturated carbocycles. The van der Waals surface area contributed by atoms with Gasteiger partial charge >= 0.3 is 17.8 Å². The molecule has 0 radical (unpaired) electrons. The quantitative estimate of drug-likeness (QED) is 0.140. The van der Waals surface area contributed by atoms with Crippen LogP contribution < -0.4 is 0 Å². The second-order valence-electron chi connectivity index (χ2n) is 18.4. The fourth-order valence-electron chi connectivity index (χ4n) is 9.28. The van der Waals surface area contributed by atoms with Crippen LogP contribution in [0.5, 0.6) is 0 Å². The van der Waals surface area contributed by atoms with Crippen molar-refractivity contribution in [2.75, 3.05) is 35.4 Å². The Kier molecular flexibility index (Phi) is 17.6. The molecule has 0 aromatic carbocycles. The van der Waals surface area contributed by atoms with Crippen molar-refractivity contribution in [1.82, 2.24) is 0 Å². The predicted molar refractivity (Wildman–Crippen MR) is 216 cm³/mol. The van der Waals surface area contributed by atoms with Crippen LogP contribution in [0.25, 0.3) is 0 Å². The molecule has 4 N–H and O–H groups in total. The van der Waals surface area contributed by atoms with E-state index >= 15 is 0 Å². The Labute approximate surface area is 355 Å². The number of aliphatic hydroxyl groups excluding tert-OH is 3. The largest absolute Gasteiger partial charge is 0.466 e. The maximum absolute atomic E-state index is 14.3. The topological polar surface area (TPSA) is 223 Å². The van der Waals surface area contributed by atoms with Crippen LogP contribution in [0.2, 0.25) is 0 Å². The van der Waals surface area contributed by atoms with Crippen molar-refractivity contribution in [1.29, 1.82) is 0 Å². The van der Waals surface area contributed by atoms with Crippen molar-refractivity contribution < 1.29 is 82.0 Å². The molecule has 0 bridgehead atoms.